The second-order valence-electron chi connectivity index (χ2n) is 4.92. The minimum absolute atomic E-state index is 0.231. The van der Waals surface area contributed by atoms with Crippen molar-refractivity contribution < 1.29 is 4.39 Å². The lowest BCUT2D eigenvalue weighted by Gasteiger charge is -2.12. The number of nitrogens with zero attached hydrogens (tertiary/aromatic N) is 1. The Morgan fingerprint density at radius 1 is 1.14 bits per heavy atom. The van der Waals surface area contributed by atoms with Crippen LogP contribution in [-0.4, -0.2) is 4.98 Å². The number of fused-ring (bicyclic) bond motifs is 1. The first-order chi connectivity index (χ1) is 10.1. The zero-order valence-corrected chi connectivity index (χ0v) is 13.1. The zero-order valence-electron chi connectivity index (χ0n) is 11.5. The summed E-state index contributed by atoms with van der Waals surface area (Å²) in [4.78, 5) is 4.51. The van der Waals surface area contributed by atoms with Crippen molar-refractivity contribution in [1.29, 1.82) is 0 Å². The van der Waals surface area contributed by atoms with Gasteiger partial charge in [-0.1, -0.05) is 34.1 Å². The number of rotatable bonds is 3. The monoisotopic (exact) mass is 344 g/mol. The third-order valence-electron chi connectivity index (χ3n) is 3.32. The van der Waals surface area contributed by atoms with Crippen LogP contribution in [0.25, 0.3) is 10.9 Å². The number of halogens is 2. The summed E-state index contributed by atoms with van der Waals surface area (Å²) in [5, 5.41) is 4.44. The Kier molecular flexibility index (Phi) is 3.88. The molecule has 0 bridgehead atoms. The molecule has 0 radical (unpaired) electrons. The lowest BCUT2D eigenvalue weighted by Crippen LogP contribution is -2.02. The molecule has 1 N–H and O–H groups in total. The summed E-state index contributed by atoms with van der Waals surface area (Å²) in [6.07, 6.45) is 0. The first-order valence-corrected chi connectivity index (χ1v) is 7.47. The van der Waals surface area contributed by atoms with Gasteiger partial charge in [-0.05, 0) is 42.8 Å². The molecule has 3 rings (SSSR count). The molecule has 0 aliphatic carbocycles. The van der Waals surface area contributed by atoms with E-state index < -0.39 is 0 Å². The van der Waals surface area contributed by atoms with Gasteiger partial charge in [-0.15, -0.1) is 0 Å². The van der Waals surface area contributed by atoms with Crippen molar-refractivity contribution in [3.8, 4) is 0 Å². The van der Waals surface area contributed by atoms with Crippen LogP contribution >= 0.6 is 15.9 Å². The van der Waals surface area contributed by atoms with E-state index in [0.29, 0.717) is 6.54 Å². The van der Waals surface area contributed by atoms with Crippen LogP contribution in [0.1, 0.15) is 11.3 Å². The highest BCUT2D eigenvalue weighted by molar-refractivity contribution is 9.10. The number of benzene rings is 2. The van der Waals surface area contributed by atoms with Gasteiger partial charge < -0.3 is 5.32 Å². The van der Waals surface area contributed by atoms with E-state index in [4.69, 9.17) is 0 Å². The van der Waals surface area contributed by atoms with Crippen LogP contribution in [0, 0.1) is 12.7 Å². The van der Waals surface area contributed by atoms with Crippen LogP contribution in [-0.2, 0) is 6.54 Å². The second-order valence-corrected chi connectivity index (χ2v) is 5.77. The molecule has 0 saturated heterocycles. The molecule has 0 aliphatic rings. The van der Waals surface area contributed by atoms with Gasteiger partial charge >= 0.3 is 0 Å². The highest BCUT2D eigenvalue weighted by Gasteiger charge is 2.05. The number of hydrogen-bond donors (Lipinski definition) is 1. The van der Waals surface area contributed by atoms with Crippen LogP contribution in [0.5, 0.6) is 0 Å². The van der Waals surface area contributed by atoms with Gasteiger partial charge in [0.25, 0.3) is 0 Å². The van der Waals surface area contributed by atoms with Gasteiger partial charge in [0.05, 0.1) is 5.52 Å². The number of para-hydroxylation sites is 1. The SMILES string of the molecule is Cc1cc(NCc2cc(F)ccc2Br)c2ccccc2n1. The van der Waals surface area contributed by atoms with E-state index in [1.807, 2.05) is 37.3 Å². The van der Waals surface area contributed by atoms with Crippen molar-refractivity contribution in [2.45, 2.75) is 13.5 Å². The molecular weight excluding hydrogens is 331 g/mol. The first-order valence-electron chi connectivity index (χ1n) is 6.68. The average molecular weight is 345 g/mol. The van der Waals surface area contributed by atoms with Crippen LogP contribution in [0.3, 0.4) is 0 Å². The molecule has 0 aliphatic heterocycles. The smallest absolute Gasteiger partial charge is 0.123 e. The highest BCUT2D eigenvalue weighted by Crippen LogP contribution is 2.25. The van der Waals surface area contributed by atoms with Crippen LogP contribution in [0.15, 0.2) is 53.0 Å². The Balaban J connectivity index is 1.93. The fraction of sp³-hybridized carbons (Fsp3) is 0.118. The summed E-state index contributed by atoms with van der Waals surface area (Å²) in [5.74, 6) is -0.231. The maximum Gasteiger partial charge on any atom is 0.123 e. The lowest BCUT2D eigenvalue weighted by atomic mass is 10.1. The Morgan fingerprint density at radius 3 is 2.81 bits per heavy atom. The normalized spacial score (nSPS) is 10.8. The Labute approximate surface area is 131 Å². The first kappa shape index (κ1) is 14.0. The molecule has 0 atom stereocenters. The Morgan fingerprint density at radius 2 is 1.95 bits per heavy atom. The molecule has 0 fully saturated rings. The molecule has 0 unspecified atom stereocenters. The van der Waals surface area contributed by atoms with Gasteiger partial charge in [0, 0.05) is 27.8 Å². The van der Waals surface area contributed by atoms with E-state index in [1.165, 1.54) is 12.1 Å². The summed E-state index contributed by atoms with van der Waals surface area (Å²) in [7, 11) is 0. The Hall–Kier alpha value is -1.94. The molecule has 4 heteroatoms. The zero-order chi connectivity index (χ0) is 14.8. The van der Waals surface area contributed by atoms with Crippen LogP contribution in [0.4, 0.5) is 10.1 Å². The van der Waals surface area contributed by atoms with Crippen molar-refractivity contribution in [2.75, 3.05) is 5.32 Å². The van der Waals surface area contributed by atoms with Gasteiger partial charge in [0.1, 0.15) is 5.82 Å². The third kappa shape index (κ3) is 3.05. The number of pyridine rings is 1. The molecule has 106 valence electrons. The minimum atomic E-state index is -0.231. The molecule has 21 heavy (non-hydrogen) atoms. The van der Waals surface area contributed by atoms with Crippen LogP contribution < -0.4 is 5.32 Å². The van der Waals surface area contributed by atoms with Gasteiger partial charge in [-0.3, -0.25) is 4.98 Å². The molecule has 2 aromatic carbocycles. The standard InChI is InChI=1S/C17H14BrFN2/c1-11-8-17(14-4-2-3-5-16(14)21-11)20-10-12-9-13(19)6-7-15(12)18/h2-9H,10H2,1H3,(H,20,21). The van der Waals surface area contributed by atoms with Gasteiger partial charge in [-0.25, -0.2) is 4.39 Å². The van der Waals surface area contributed by atoms with Crippen LogP contribution in [0.2, 0.25) is 0 Å². The molecular formula is C17H14BrFN2. The molecule has 2 nitrogen and oxygen atoms in total. The fourth-order valence-electron chi connectivity index (χ4n) is 2.32. The second kappa shape index (κ2) is 5.82. The Bertz CT molecular complexity index is 802. The van der Waals surface area contributed by atoms with E-state index in [9.17, 15) is 4.39 Å². The van der Waals surface area contributed by atoms with E-state index in [0.717, 1.165) is 32.3 Å². The lowest BCUT2D eigenvalue weighted by molar-refractivity contribution is 0.625. The van der Waals surface area contributed by atoms with Crippen molar-refractivity contribution >= 4 is 32.5 Å². The predicted molar refractivity (Wildman–Crippen MR) is 87.9 cm³/mol. The quantitative estimate of drug-likeness (QED) is 0.718. The summed E-state index contributed by atoms with van der Waals surface area (Å²) >= 11 is 3.45. The maximum absolute atomic E-state index is 13.3. The summed E-state index contributed by atoms with van der Waals surface area (Å²) < 4.78 is 14.2. The van der Waals surface area contributed by atoms with Gasteiger partial charge in [0.15, 0.2) is 0 Å². The molecule has 0 amide bonds. The molecule has 3 aromatic rings. The summed E-state index contributed by atoms with van der Waals surface area (Å²) in [6.45, 7) is 2.52. The van der Waals surface area contributed by atoms with Crippen molar-refractivity contribution in [1.82, 2.24) is 4.98 Å². The number of hydrogen-bond acceptors (Lipinski definition) is 2. The maximum atomic E-state index is 13.3. The number of aromatic nitrogens is 1. The van der Waals surface area contributed by atoms with Crippen molar-refractivity contribution in [3.63, 3.8) is 0 Å². The molecule has 0 spiro atoms. The van der Waals surface area contributed by atoms with E-state index in [2.05, 4.69) is 26.2 Å². The van der Waals surface area contributed by atoms with Gasteiger partial charge in [-0.2, -0.15) is 0 Å². The molecule has 0 saturated carbocycles. The molecule has 1 aromatic heterocycles. The molecule has 1 heterocycles. The minimum Gasteiger partial charge on any atom is -0.380 e. The fourth-order valence-corrected chi connectivity index (χ4v) is 2.71. The number of anilines is 1. The van der Waals surface area contributed by atoms with E-state index in [1.54, 1.807) is 6.07 Å². The van der Waals surface area contributed by atoms with E-state index >= 15 is 0 Å². The summed E-state index contributed by atoms with van der Waals surface area (Å²) in [6, 6.07) is 14.7. The predicted octanol–water partition coefficient (Wildman–Crippen LogP) is 5.06. The topological polar surface area (TPSA) is 24.9 Å². The number of aryl methyl sites for hydroxylation is 1. The largest absolute Gasteiger partial charge is 0.380 e. The van der Waals surface area contributed by atoms with Crippen molar-refractivity contribution in [3.05, 3.63) is 70.1 Å². The van der Waals surface area contributed by atoms with Crippen molar-refractivity contribution in [2.24, 2.45) is 0 Å². The third-order valence-corrected chi connectivity index (χ3v) is 4.09. The van der Waals surface area contributed by atoms with Gasteiger partial charge in [0.2, 0.25) is 0 Å². The number of nitrogens with one attached hydrogen (secondary N) is 1. The average Bonchev–Trinajstić information content (AvgIpc) is 2.47. The summed E-state index contributed by atoms with van der Waals surface area (Å²) in [5.41, 5.74) is 3.80. The highest BCUT2D eigenvalue weighted by atomic mass is 79.9. The van der Waals surface area contributed by atoms with E-state index in [-0.39, 0.29) is 5.82 Å².